The van der Waals surface area contributed by atoms with Crippen LogP contribution in [-0.4, -0.2) is 42.9 Å². The molecule has 1 saturated heterocycles. The molecule has 19 heavy (non-hydrogen) atoms. The van der Waals surface area contributed by atoms with Crippen LogP contribution in [0.25, 0.3) is 0 Å². The average molecular weight is 280 g/mol. The minimum Gasteiger partial charge on any atom is -0.395 e. The van der Waals surface area contributed by atoms with Gasteiger partial charge in [-0.15, -0.1) is 0 Å². The van der Waals surface area contributed by atoms with Crippen molar-refractivity contribution in [3.8, 4) is 0 Å². The van der Waals surface area contributed by atoms with E-state index < -0.39 is 0 Å². The number of aliphatic hydroxyl groups excluding tert-OH is 1. The van der Waals surface area contributed by atoms with E-state index in [1.807, 2.05) is 0 Å². The highest BCUT2D eigenvalue weighted by molar-refractivity contribution is 7.99. The number of hydrogen-bond acceptors (Lipinski definition) is 4. The minimum atomic E-state index is 0.202. The lowest BCUT2D eigenvalue weighted by molar-refractivity contribution is 0.302. The molecule has 1 aliphatic rings. The highest BCUT2D eigenvalue weighted by atomic mass is 32.2. The standard InChI is InChI=1S/C15H24N2OS/c1-2-17(8-9-18)15-5-3-14(4-6-15)16-11-13-7-10-19-12-13/h3-6,13,16,18H,2,7-12H2,1H3. The second-order valence-electron chi connectivity index (χ2n) is 4.96. The Morgan fingerprint density at radius 1 is 1.37 bits per heavy atom. The summed E-state index contributed by atoms with van der Waals surface area (Å²) in [5.74, 6) is 3.44. The van der Waals surface area contributed by atoms with Crippen LogP contribution in [0.1, 0.15) is 13.3 Å². The number of nitrogens with one attached hydrogen (secondary N) is 1. The average Bonchev–Trinajstić information content (AvgIpc) is 2.96. The Balaban J connectivity index is 1.86. The summed E-state index contributed by atoms with van der Waals surface area (Å²) in [6.45, 7) is 5.02. The number of aliphatic hydroxyl groups is 1. The van der Waals surface area contributed by atoms with Crippen LogP contribution in [0.3, 0.4) is 0 Å². The van der Waals surface area contributed by atoms with E-state index in [1.165, 1.54) is 29.3 Å². The molecule has 1 aromatic rings. The largest absolute Gasteiger partial charge is 0.395 e. The van der Waals surface area contributed by atoms with E-state index in [-0.39, 0.29) is 6.61 Å². The second-order valence-corrected chi connectivity index (χ2v) is 6.11. The number of thioether (sulfide) groups is 1. The molecule has 1 aromatic carbocycles. The molecule has 106 valence electrons. The van der Waals surface area contributed by atoms with Gasteiger partial charge in [-0.05, 0) is 55.0 Å². The van der Waals surface area contributed by atoms with Crippen LogP contribution in [0, 0.1) is 5.92 Å². The lowest BCUT2D eigenvalue weighted by Crippen LogP contribution is -2.26. The molecule has 1 atom stereocenters. The van der Waals surface area contributed by atoms with Crippen LogP contribution in [0.2, 0.25) is 0 Å². The number of hydrogen-bond donors (Lipinski definition) is 2. The molecule has 0 amide bonds. The molecule has 2 N–H and O–H groups in total. The number of benzene rings is 1. The molecule has 0 bridgehead atoms. The quantitative estimate of drug-likeness (QED) is 0.805. The van der Waals surface area contributed by atoms with Crippen molar-refractivity contribution < 1.29 is 5.11 Å². The molecule has 2 rings (SSSR count). The van der Waals surface area contributed by atoms with Crippen molar-refractivity contribution in [1.82, 2.24) is 0 Å². The van der Waals surface area contributed by atoms with Gasteiger partial charge in [-0.2, -0.15) is 11.8 Å². The molecule has 0 aliphatic carbocycles. The van der Waals surface area contributed by atoms with Gasteiger partial charge in [-0.1, -0.05) is 0 Å². The van der Waals surface area contributed by atoms with Crippen LogP contribution in [0.5, 0.6) is 0 Å². The predicted molar refractivity (Wildman–Crippen MR) is 85.3 cm³/mol. The van der Waals surface area contributed by atoms with Crippen molar-refractivity contribution in [2.75, 3.05) is 48.0 Å². The van der Waals surface area contributed by atoms with Gasteiger partial charge in [0.2, 0.25) is 0 Å². The maximum atomic E-state index is 9.03. The zero-order valence-corrected chi connectivity index (χ0v) is 12.5. The van der Waals surface area contributed by atoms with Crippen molar-refractivity contribution in [3.05, 3.63) is 24.3 Å². The van der Waals surface area contributed by atoms with Gasteiger partial charge in [0.25, 0.3) is 0 Å². The molecular weight excluding hydrogens is 256 g/mol. The van der Waals surface area contributed by atoms with Crippen LogP contribution < -0.4 is 10.2 Å². The van der Waals surface area contributed by atoms with Crippen molar-refractivity contribution in [1.29, 1.82) is 0 Å². The third-order valence-corrected chi connectivity index (χ3v) is 4.83. The Hall–Kier alpha value is -0.870. The van der Waals surface area contributed by atoms with Gasteiger partial charge in [0.15, 0.2) is 0 Å². The first kappa shape index (κ1) is 14.5. The third-order valence-electron chi connectivity index (χ3n) is 3.60. The summed E-state index contributed by atoms with van der Waals surface area (Å²) >= 11 is 2.06. The number of rotatable bonds is 7. The maximum Gasteiger partial charge on any atom is 0.0606 e. The van der Waals surface area contributed by atoms with Gasteiger partial charge in [0, 0.05) is 31.0 Å². The van der Waals surface area contributed by atoms with E-state index in [9.17, 15) is 0 Å². The fraction of sp³-hybridized carbons (Fsp3) is 0.600. The highest BCUT2D eigenvalue weighted by Gasteiger charge is 2.14. The van der Waals surface area contributed by atoms with Gasteiger partial charge in [0.05, 0.1) is 6.61 Å². The number of likely N-dealkylation sites (N-methyl/N-ethyl adjacent to an activating group) is 1. The van der Waals surface area contributed by atoms with Crippen molar-refractivity contribution in [3.63, 3.8) is 0 Å². The summed E-state index contributed by atoms with van der Waals surface area (Å²) in [5.41, 5.74) is 2.37. The van der Waals surface area contributed by atoms with E-state index in [1.54, 1.807) is 0 Å². The van der Waals surface area contributed by atoms with Crippen LogP contribution in [0.15, 0.2) is 24.3 Å². The third kappa shape index (κ3) is 4.32. The van der Waals surface area contributed by atoms with Gasteiger partial charge >= 0.3 is 0 Å². The molecule has 1 heterocycles. The predicted octanol–water partition coefficient (Wildman–Crippen LogP) is 2.67. The summed E-state index contributed by atoms with van der Waals surface area (Å²) in [4.78, 5) is 2.18. The first-order chi connectivity index (χ1) is 9.33. The lowest BCUT2D eigenvalue weighted by Gasteiger charge is -2.22. The van der Waals surface area contributed by atoms with Gasteiger partial charge in [-0.3, -0.25) is 0 Å². The Morgan fingerprint density at radius 3 is 2.74 bits per heavy atom. The summed E-state index contributed by atoms with van der Waals surface area (Å²) < 4.78 is 0. The molecule has 1 fully saturated rings. The molecule has 1 unspecified atom stereocenters. The monoisotopic (exact) mass is 280 g/mol. The van der Waals surface area contributed by atoms with Crippen LogP contribution in [0.4, 0.5) is 11.4 Å². The van der Waals surface area contributed by atoms with E-state index >= 15 is 0 Å². The first-order valence-corrected chi connectivity index (χ1v) is 8.26. The number of nitrogens with zero attached hydrogens (tertiary/aromatic N) is 1. The number of anilines is 2. The highest BCUT2D eigenvalue weighted by Crippen LogP contribution is 2.24. The molecule has 0 spiro atoms. The summed E-state index contributed by atoms with van der Waals surface area (Å²) in [7, 11) is 0. The minimum absolute atomic E-state index is 0.202. The Labute approximate surface area is 120 Å². The van der Waals surface area contributed by atoms with Gasteiger partial charge in [-0.25, -0.2) is 0 Å². The molecule has 0 radical (unpaired) electrons. The summed E-state index contributed by atoms with van der Waals surface area (Å²) in [6, 6.07) is 8.53. The van der Waals surface area contributed by atoms with E-state index in [0.29, 0.717) is 6.54 Å². The Bertz CT molecular complexity index is 363. The van der Waals surface area contributed by atoms with Gasteiger partial charge < -0.3 is 15.3 Å². The van der Waals surface area contributed by atoms with E-state index in [0.717, 1.165) is 19.0 Å². The van der Waals surface area contributed by atoms with Gasteiger partial charge in [0.1, 0.15) is 0 Å². The zero-order chi connectivity index (χ0) is 13.5. The smallest absolute Gasteiger partial charge is 0.0606 e. The molecular formula is C15H24N2OS. The maximum absolute atomic E-state index is 9.03. The van der Waals surface area contributed by atoms with Crippen LogP contribution in [-0.2, 0) is 0 Å². The molecule has 0 aromatic heterocycles. The lowest BCUT2D eigenvalue weighted by atomic mass is 10.1. The molecule has 4 heteroatoms. The fourth-order valence-corrected chi connectivity index (χ4v) is 3.67. The van der Waals surface area contributed by atoms with E-state index in [2.05, 4.69) is 53.2 Å². The molecule has 3 nitrogen and oxygen atoms in total. The first-order valence-electron chi connectivity index (χ1n) is 7.11. The fourth-order valence-electron chi connectivity index (χ4n) is 2.39. The normalized spacial score (nSPS) is 18.5. The Kier molecular flexibility index (Phi) is 5.86. The molecule has 1 aliphatic heterocycles. The van der Waals surface area contributed by atoms with Crippen molar-refractivity contribution >= 4 is 23.1 Å². The van der Waals surface area contributed by atoms with Crippen LogP contribution >= 0.6 is 11.8 Å². The second kappa shape index (κ2) is 7.65. The zero-order valence-electron chi connectivity index (χ0n) is 11.6. The topological polar surface area (TPSA) is 35.5 Å². The Morgan fingerprint density at radius 2 is 2.16 bits per heavy atom. The SMILES string of the molecule is CCN(CCO)c1ccc(NCC2CCSC2)cc1. The summed E-state index contributed by atoms with van der Waals surface area (Å²) in [5, 5.41) is 12.6. The van der Waals surface area contributed by atoms with Crippen molar-refractivity contribution in [2.45, 2.75) is 13.3 Å². The summed E-state index contributed by atoms with van der Waals surface area (Å²) in [6.07, 6.45) is 1.34. The van der Waals surface area contributed by atoms with Crippen molar-refractivity contribution in [2.24, 2.45) is 5.92 Å². The molecule has 0 saturated carbocycles. The van der Waals surface area contributed by atoms with E-state index in [4.69, 9.17) is 5.11 Å².